The van der Waals surface area contributed by atoms with Crippen molar-refractivity contribution < 1.29 is 4.79 Å². The Hall–Kier alpha value is -2.65. The molecule has 1 aromatic rings. The van der Waals surface area contributed by atoms with Crippen molar-refractivity contribution in [1.82, 2.24) is 10.2 Å². The Kier molecular flexibility index (Phi) is 6.93. The smallest absolute Gasteiger partial charge is 0.243 e. The second kappa shape index (κ2) is 9.16. The van der Waals surface area contributed by atoms with E-state index in [-0.39, 0.29) is 12.5 Å². The van der Waals surface area contributed by atoms with Crippen molar-refractivity contribution in [2.45, 2.75) is 33.6 Å². The van der Waals surface area contributed by atoms with E-state index in [4.69, 9.17) is 17.5 Å². The number of anilines is 1. The third-order valence-corrected chi connectivity index (χ3v) is 4.66. The fourth-order valence-electron chi connectivity index (χ4n) is 2.82. The summed E-state index contributed by atoms with van der Waals surface area (Å²) in [5.74, 6) is -0.0919. The number of amides is 1. The molecule has 0 atom stereocenters. The van der Waals surface area contributed by atoms with Gasteiger partial charge in [0.1, 0.15) is 0 Å². The van der Waals surface area contributed by atoms with Crippen LogP contribution in [-0.4, -0.2) is 29.0 Å². The molecule has 0 saturated carbocycles. The van der Waals surface area contributed by atoms with Crippen LogP contribution < -0.4 is 10.6 Å². The lowest BCUT2D eigenvalue weighted by Crippen LogP contribution is -2.42. The minimum absolute atomic E-state index is 0.0919. The molecule has 0 bridgehead atoms. The molecule has 2 rings (SSSR count). The minimum Gasteiger partial charge on any atom is -0.340 e. The average molecular weight is 369 g/mol. The maximum atomic E-state index is 12.5. The molecule has 5 nitrogen and oxygen atoms in total. The Morgan fingerprint density at radius 2 is 2.12 bits per heavy atom. The van der Waals surface area contributed by atoms with Gasteiger partial charge in [-0.05, 0) is 75.2 Å². The summed E-state index contributed by atoms with van der Waals surface area (Å²) >= 11 is 5.43. The van der Waals surface area contributed by atoms with Gasteiger partial charge in [0, 0.05) is 17.9 Å². The Labute approximate surface area is 160 Å². The molecule has 1 aliphatic carbocycles. The molecule has 6 heteroatoms. The number of hydrogen-bond acceptors (Lipinski definition) is 3. The number of carbonyl (C=O) groups excluding carboxylic acids is 1. The highest BCUT2D eigenvalue weighted by Gasteiger charge is 2.16. The molecule has 0 aliphatic heterocycles. The van der Waals surface area contributed by atoms with E-state index in [2.05, 4.69) is 29.7 Å². The number of nitriles is 1. The van der Waals surface area contributed by atoms with Gasteiger partial charge in [0.05, 0.1) is 18.2 Å². The second-order valence-corrected chi connectivity index (χ2v) is 6.65. The number of benzene rings is 1. The quantitative estimate of drug-likeness (QED) is 0.776. The number of nitrogens with zero attached hydrogens (tertiary/aromatic N) is 2. The molecule has 2 N–H and O–H groups in total. The molecule has 0 heterocycles. The van der Waals surface area contributed by atoms with Crippen LogP contribution in [0.2, 0.25) is 0 Å². The highest BCUT2D eigenvalue weighted by Crippen LogP contribution is 2.22. The molecular formula is C20H24N4OS. The van der Waals surface area contributed by atoms with E-state index < -0.39 is 0 Å². The van der Waals surface area contributed by atoms with Crippen molar-refractivity contribution >= 4 is 28.9 Å². The first kappa shape index (κ1) is 19.7. The van der Waals surface area contributed by atoms with E-state index in [0.29, 0.717) is 17.2 Å². The molecule has 0 saturated heterocycles. The van der Waals surface area contributed by atoms with Gasteiger partial charge in [0.25, 0.3) is 0 Å². The number of rotatable bonds is 5. The maximum absolute atomic E-state index is 12.5. The van der Waals surface area contributed by atoms with Gasteiger partial charge in [-0.3, -0.25) is 4.79 Å². The number of nitrogens with one attached hydrogen (secondary N) is 2. The molecule has 0 unspecified atom stereocenters. The Morgan fingerprint density at radius 1 is 1.35 bits per heavy atom. The molecule has 26 heavy (non-hydrogen) atoms. The SMILES string of the molecule is CCN(CC(=O)NC1=C(C)CCC=C1C)C(=S)Nc1cccc(C#N)c1. The van der Waals surface area contributed by atoms with Crippen molar-refractivity contribution in [3.63, 3.8) is 0 Å². The third kappa shape index (κ3) is 5.17. The number of carbonyl (C=O) groups is 1. The van der Waals surface area contributed by atoms with Gasteiger partial charge in [-0.25, -0.2) is 0 Å². The molecule has 0 fully saturated rings. The average Bonchev–Trinajstić information content (AvgIpc) is 2.63. The van der Waals surface area contributed by atoms with Crippen molar-refractivity contribution in [1.29, 1.82) is 5.26 Å². The first-order valence-electron chi connectivity index (χ1n) is 8.67. The van der Waals surface area contributed by atoms with Crippen molar-refractivity contribution in [2.75, 3.05) is 18.4 Å². The minimum atomic E-state index is -0.0919. The fourth-order valence-corrected chi connectivity index (χ4v) is 3.13. The number of likely N-dealkylation sites (N-methyl/N-ethyl adjacent to an activating group) is 1. The molecule has 0 aromatic heterocycles. The van der Waals surface area contributed by atoms with Crippen LogP contribution in [-0.2, 0) is 4.79 Å². The Balaban J connectivity index is 1.99. The van der Waals surface area contributed by atoms with Crippen LogP contribution in [0.1, 0.15) is 39.2 Å². The van der Waals surface area contributed by atoms with E-state index in [1.54, 1.807) is 23.1 Å². The van der Waals surface area contributed by atoms with Gasteiger partial charge >= 0.3 is 0 Å². The Morgan fingerprint density at radius 3 is 2.77 bits per heavy atom. The molecule has 0 radical (unpaired) electrons. The lowest BCUT2D eigenvalue weighted by molar-refractivity contribution is -0.120. The summed E-state index contributed by atoms with van der Waals surface area (Å²) in [6.45, 7) is 6.79. The third-order valence-electron chi connectivity index (χ3n) is 4.30. The van der Waals surface area contributed by atoms with Gasteiger partial charge in [-0.1, -0.05) is 12.1 Å². The second-order valence-electron chi connectivity index (χ2n) is 6.27. The normalized spacial score (nSPS) is 13.5. The zero-order chi connectivity index (χ0) is 19.1. The summed E-state index contributed by atoms with van der Waals surface area (Å²) in [6, 6.07) is 9.19. The maximum Gasteiger partial charge on any atom is 0.243 e. The highest BCUT2D eigenvalue weighted by atomic mass is 32.1. The monoisotopic (exact) mass is 368 g/mol. The van der Waals surface area contributed by atoms with Gasteiger partial charge < -0.3 is 15.5 Å². The van der Waals surface area contributed by atoms with Gasteiger partial charge in [-0.15, -0.1) is 0 Å². The highest BCUT2D eigenvalue weighted by molar-refractivity contribution is 7.80. The van der Waals surface area contributed by atoms with Crippen LogP contribution >= 0.6 is 12.2 Å². The first-order valence-corrected chi connectivity index (χ1v) is 9.08. The first-order chi connectivity index (χ1) is 12.4. The summed E-state index contributed by atoms with van der Waals surface area (Å²) in [6.07, 6.45) is 4.14. The van der Waals surface area contributed by atoms with Crippen LogP contribution in [0.5, 0.6) is 0 Å². The molecule has 0 spiro atoms. The largest absolute Gasteiger partial charge is 0.340 e. The fraction of sp³-hybridized carbons (Fsp3) is 0.350. The van der Waals surface area contributed by atoms with Crippen molar-refractivity contribution in [3.8, 4) is 6.07 Å². The summed E-state index contributed by atoms with van der Waals surface area (Å²) < 4.78 is 0. The molecule has 136 valence electrons. The van der Waals surface area contributed by atoms with Crippen LogP contribution in [0.4, 0.5) is 5.69 Å². The summed E-state index contributed by atoms with van der Waals surface area (Å²) in [4.78, 5) is 14.3. The lowest BCUT2D eigenvalue weighted by atomic mass is 9.98. The number of thiocarbonyl (C=S) groups is 1. The van der Waals surface area contributed by atoms with E-state index in [9.17, 15) is 4.79 Å². The zero-order valence-electron chi connectivity index (χ0n) is 15.4. The van der Waals surface area contributed by atoms with Crippen LogP contribution in [0.3, 0.4) is 0 Å². The van der Waals surface area contributed by atoms with E-state index in [1.807, 2.05) is 19.9 Å². The van der Waals surface area contributed by atoms with Gasteiger partial charge in [0.2, 0.25) is 5.91 Å². The molecule has 1 amide bonds. The predicted molar refractivity (Wildman–Crippen MR) is 108 cm³/mol. The topological polar surface area (TPSA) is 68.2 Å². The summed E-state index contributed by atoms with van der Waals surface area (Å²) in [5, 5.41) is 15.6. The standard InChI is InChI=1S/C20H24N4OS/c1-4-24(20(26)22-17-10-6-9-16(11-17)12-21)13-18(25)23-19-14(2)7-5-8-15(19)3/h6-7,9-11H,4-5,8,13H2,1-3H3,(H,22,26)(H,23,25). The van der Waals surface area contributed by atoms with Crippen molar-refractivity contribution in [3.05, 3.63) is 52.7 Å². The van der Waals surface area contributed by atoms with Crippen LogP contribution in [0, 0.1) is 11.3 Å². The predicted octanol–water partition coefficient (Wildman–Crippen LogP) is 3.71. The van der Waals surface area contributed by atoms with E-state index >= 15 is 0 Å². The Bertz CT molecular complexity index is 804. The van der Waals surface area contributed by atoms with Crippen LogP contribution in [0.25, 0.3) is 0 Å². The van der Waals surface area contributed by atoms with Crippen molar-refractivity contribution in [2.24, 2.45) is 0 Å². The lowest BCUT2D eigenvalue weighted by Gasteiger charge is -2.25. The van der Waals surface area contributed by atoms with E-state index in [1.165, 1.54) is 5.57 Å². The molecule has 1 aromatic carbocycles. The number of allylic oxidation sites excluding steroid dienone is 3. The summed E-state index contributed by atoms with van der Waals surface area (Å²) in [7, 11) is 0. The van der Waals surface area contributed by atoms with E-state index in [0.717, 1.165) is 29.8 Å². The summed E-state index contributed by atoms with van der Waals surface area (Å²) in [5.41, 5.74) is 4.53. The van der Waals surface area contributed by atoms with Gasteiger partial charge in [-0.2, -0.15) is 5.26 Å². The molecule has 1 aliphatic rings. The van der Waals surface area contributed by atoms with Crippen LogP contribution in [0.15, 0.2) is 47.2 Å². The number of hydrogen-bond donors (Lipinski definition) is 2. The van der Waals surface area contributed by atoms with Gasteiger partial charge in [0.15, 0.2) is 5.11 Å². The molecular weight excluding hydrogens is 344 g/mol. The zero-order valence-corrected chi connectivity index (χ0v) is 16.2.